The molecule has 4 aromatic rings. The van der Waals surface area contributed by atoms with Crippen LogP contribution in [0, 0.1) is 6.92 Å². The summed E-state index contributed by atoms with van der Waals surface area (Å²) in [6.07, 6.45) is 4.15. The number of aryl methyl sites for hydroxylation is 3. The Morgan fingerprint density at radius 3 is 2.43 bits per heavy atom. The van der Waals surface area contributed by atoms with Gasteiger partial charge in [0.2, 0.25) is 11.5 Å². The van der Waals surface area contributed by atoms with Gasteiger partial charge in [-0.1, -0.05) is 17.7 Å². The Bertz CT molecular complexity index is 1600. The van der Waals surface area contributed by atoms with E-state index in [4.69, 9.17) is 15.1 Å². The van der Waals surface area contributed by atoms with Crippen molar-refractivity contribution in [2.75, 3.05) is 23.3 Å². The number of amides is 2. The number of carbonyl (C=O) groups is 2. The van der Waals surface area contributed by atoms with Crippen LogP contribution in [-0.4, -0.2) is 24.9 Å². The van der Waals surface area contributed by atoms with Crippen LogP contribution >= 0.6 is 0 Å². The summed E-state index contributed by atoms with van der Waals surface area (Å²) in [4.78, 5) is 32.2. The molecule has 186 valence electrons. The van der Waals surface area contributed by atoms with Crippen LogP contribution in [-0.2, 0) is 12.8 Å². The number of fused-ring (bicyclic) bond motifs is 2. The first-order valence-electron chi connectivity index (χ1n) is 12.7. The summed E-state index contributed by atoms with van der Waals surface area (Å²) < 4.78 is 6.48. The van der Waals surface area contributed by atoms with Gasteiger partial charge in [0.15, 0.2) is 0 Å². The Labute approximate surface area is 214 Å². The summed E-state index contributed by atoms with van der Waals surface area (Å²) in [6.45, 7) is 4.13. The summed E-state index contributed by atoms with van der Waals surface area (Å²) in [5, 5.41) is 3.89. The zero-order valence-electron chi connectivity index (χ0n) is 20.7. The van der Waals surface area contributed by atoms with Gasteiger partial charge in [-0.2, -0.15) is 0 Å². The number of rotatable bonds is 4. The molecule has 0 bridgehead atoms. The summed E-state index contributed by atoms with van der Waals surface area (Å²) >= 11 is 0. The van der Waals surface area contributed by atoms with Crippen LogP contribution in [0.2, 0.25) is 0 Å². The molecule has 0 saturated carbocycles. The number of hydrogen-bond donors (Lipinski definition) is 2. The Hall–Kier alpha value is -4.39. The van der Waals surface area contributed by atoms with Crippen molar-refractivity contribution in [1.29, 1.82) is 0 Å². The van der Waals surface area contributed by atoms with E-state index in [2.05, 4.69) is 16.3 Å². The minimum atomic E-state index is -0.506. The number of nitrogens with two attached hydrogens (primary N) is 1. The van der Waals surface area contributed by atoms with Crippen LogP contribution in [0.5, 0.6) is 0 Å². The Kier molecular flexibility index (Phi) is 5.75. The van der Waals surface area contributed by atoms with Crippen molar-refractivity contribution < 1.29 is 14.0 Å². The molecule has 2 amide bonds. The average molecular weight is 493 g/mol. The molecule has 0 unspecified atom stereocenters. The van der Waals surface area contributed by atoms with Crippen molar-refractivity contribution in [2.24, 2.45) is 10.7 Å². The molecule has 1 aromatic heterocycles. The first-order chi connectivity index (χ1) is 18.0. The predicted octanol–water partition coefficient (Wildman–Crippen LogP) is 5.02. The van der Waals surface area contributed by atoms with Crippen LogP contribution in [0.4, 0.5) is 17.1 Å². The van der Waals surface area contributed by atoms with Gasteiger partial charge < -0.3 is 20.4 Å². The molecule has 0 fully saturated rings. The molecule has 7 heteroatoms. The van der Waals surface area contributed by atoms with Crippen LogP contribution in [0.1, 0.15) is 50.2 Å². The third-order valence-electron chi connectivity index (χ3n) is 7.17. The largest absolute Gasteiger partial charge is 0.437 e. The van der Waals surface area contributed by atoms with Crippen molar-refractivity contribution in [1.82, 2.24) is 0 Å². The molecular formula is C30H28N4O3. The fraction of sp³-hybridized carbons (Fsp3) is 0.233. The van der Waals surface area contributed by atoms with Gasteiger partial charge in [0.05, 0.1) is 5.69 Å². The summed E-state index contributed by atoms with van der Waals surface area (Å²) in [6, 6.07) is 18.3. The van der Waals surface area contributed by atoms with Gasteiger partial charge in [-0.05, 0) is 86.7 Å². The normalized spacial score (nSPS) is 14.9. The van der Waals surface area contributed by atoms with E-state index in [-0.39, 0.29) is 11.5 Å². The number of primary amides is 1. The van der Waals surface area contributed by atoms with Gasteiger partial charge in [0.25, 0.3) is 5.91 Å². The first kappa shape index (κ1) is 23.0. The van der Waals surface area contributed by atoms with E-state index in [0.717, 1.165) is 55.3 Å². The number of carbonyl (C=O) groups excluding carboxylic acids is 2. The van der Waals surface area contributed by atoms with E-state index in [0.29, 0.717) is 22.5 Å². The lowest BCUT2D eigenvalue weighted by atomic mass is 9.90. The molecule has 7 nitrogen and oxygen atoms in total. The zero-order valence-corrected chi connectivity index (χ0v) is 20.7. The number of anilines is 2. The van der Waals surface area contributed by atoms with Crippen LogP contribution in [0.15, 0.2) is 70.1 Å². The lowest BCUT2D eigenvalue weighted by Crippen LogP contribution is -2.34. The minimum Gasteiger partial charge on any atom is -0.437 e. The lowest BCUT2D eigenvalue weighted by Gasteiger charge is -2.37. The average Bonchev–Trinajstić information content (AvgIpc) is 2.90. The highest BCUT2D eigenvalue weighted by atomic mass is 16.3. The highest BCUT2D eigenvalue weighted by molar-refractivity contribution is 6.06. The highest BCUT2D eigenvalue weighted by Crippen LogP contribution is 2.39. The number of hydrogen-bond acceptors (Lipinski definition) is 5. The Morgan fingerprint density at radius 1 is 0.973 bits per heavy atom. The lowest BCUT2D eigenvalue weighted by molar-refractivity contribution is 0.0997. The van der Waals surface area contributed by atoms with Crippen LogP contribution in [0.3, 0.4) is 0 Å². The smallest absolute Gasteiger partial charge is 0.261 e. The number of benzene rings is 3. The zero-order chi connectivity index (χ0) is 25.5. The fourth-order valence-corrected chi connectivity index (χ4v) is 5.35. The molecular weight excluding hydrogens is 464 g/mol. The molecule has 0 aliphatic carbocycles. The molecule has 0 radical (unpaired) electrons. The van der Waals surface area contributed by atoms with Gasteiger partial charge in [0, 0.05) is 41.0 Å². The molecule has 2 aliphatic heterocycles. The van der Waals surface area contributed by atoms with Crippen LogP contribution in [0.25, 0.3) is 11.0 Å². The van der Waals surface area contributed by atoms with E-state index < -0.39 is 5.91 Å². The molecule has 0 spiro atoms. The molecule has 3 aromatic carbocycles. The molecule has 6 rings (SSSR count). The third kappa shape index (κ3) is 4.37. The van der Waals surface area contributed by atoms with Crippen molar-refractivity contribution >= 4 is 39.8 Å². The van der Waals surface area contributed by atoms with E-state index in [1.54, 1.807) is 24.3 Å². The first-order valence-corrected chi connectivity index (χ1v) is 12.7. The van der Waals surface area contributed by atoms with Gasteiger partial charge in [-0.15, -0.1) is 0 Å². The van der Waals surface area contributed by atoms with Crippen molar-refractivity contribution in [3.05, 3.63) is 94.0 Å². The van der Waals surface area contributed by atoms with Gasteiger partial charge in [-0.25, -0.2) is 4.99 Å². The third-order valence-corrected chi connectivity index (χ3v) is 7.17. The number of nitrogens with zero attached hydrogens (tertiary/aromatic N) is 2. The topological polar surface area (TPSA) is 101 Å². The summed E-state index contributed by atoms with van der Waals surface area (Å²) in [7, 11) is 0. The standard InChI is InChI=1S/C30H28N4O3/c1-18-6-10-22(11-7-18)32-29(36)25-17-21-16-20-4-2-14-34-15-3-5-24(26(20)34)27(21)37-30(25)33-23-12-8-19(9-13-23)28(31)35/h6-13,16-17H,2-5,14-15H2,1H3,(H2,31,35)(H,32,36). The van der Waals surface area contributed by atoms with E-state index in [1.807, 2.05) is 37.3 Å². The molecule has 3 heterocycles. The van der Waals surface area contributed by atoms with Gasteiger partial charge >= 0.3 is 0 Å². The molecule has 2 aliphatic rings. The molecule has 3 N–H and O–H groups in total. The quantitative estimate of drug-likeness (QED) is 0.418. The summed E-state index contributed by atoms with van der Waals surface area (Å²) in [5.41, 5.74) is 13.3. The number of nitrogens with one attached hydrogen (secondary N) is 1. The molecule has 37 heavy (non-hydrogen) atoms. The summed E-state index contributed by atoms with van der Waals surface area (Å²) in [5.74, 6) is -0.802. The van der Waals surface area contributed by atoms with Gasteiger partial charge in [-0.3, -0.25) is 9.59 Å². The monoisotopic (exact) mass is 492 g/mol. The second-order valence-electron chi connectivity index (χ2n) is 9.78. The molecule has 0 atom stereocenters. The highest BCUT2D eigenvalue weighted by Gasteiger charge is 2.27. The maximum atomic E-state index is 13.5. The van der Waals surface area contributed by atoms with E-state index >= 15 is 0 Å². The van der Waals surface area contributed by atoms with Gasteiger partial charge in [0.1, 0.15) is 11.1 Å². The second-order valence-corrected chi connectivity index (χ2v) is 9.78. The van der Waals surface area contributed by atoms with E-state index in [9.17, 15) is 9.59 Å². The van der Waals surface area contributed by atoms with Crippen molar-refractivity contribution in [3.63, 3.8) is 0 Å². The Morgan fingerprint density at radius 2 is 1.70 bits per heavy atom. The van der Waals surface area contributed by atoms with Crippen molar-refractivity contribution in [3.8, 4) is 0 Å². The fourth-order valence-electron chi connectivity index (χ4n) is 5.35. The van der Waals surface area contributed by atoms with E-state index in [1.165, 1.54) is 16.8 Å². The minimum absolute atomic E-state index is 0.230. The Balaban J connectivity index is 1.53. The van der Waals surface area contributed by atoms with Crippen LogP contribution < -0.4 is 21.5 Å². The molecule has 0 saturated heterocycles. The maximum Gasteiger partial charge on any atom is 0.261 e. The predicted molar refractivity (Wildman–Crippen MR) is 144 cm³/mol. The second kappa shape index (κ2) is 9.24. The maximum absolute atomic E-state index is 13.5. The SMILES string of the molecule is Cc1ccc(NC(=O)c2cc3cc4c5c(c3oc2=Nc2ccc(C(N)=O)cc2)CCCN5CCC4)cc1. The van der Waals surface area contributed by atoms with Crippen molar-refractivity contribution in [2.45, 2.75) is 32.6 Å².